The molecular formula is C25H23F2N7O2S. The van der Waals surface area contributed by atoms with Crippen molar-refractivity contribution in [2.24, 2.45) is 16.6 Å². The number of rotatable bonds is 7. The molecule has 3 atom stereocenters. The van der Waals surface area contributed by atoms with Crippen LogP contribution in [0.2, 0.25) is 0 Å². The van der Waals surface area contributed by atoms with Gasteiger partial charge in [0.1, 0.15) is 28.3 Å². The monoisotopic (exact) mass is 523 g/mol. The minimum Gasteiger partial charge on any atom is -0.463 e. The third kappa shape index (κ3) is 4.09. The Hall–Kier alpha value is -3.98. The lowest BCUT2D eigenvalue weighted by molar-refractivity contribution is -0.129. The first-order valence-electron chi connectivity index (χ1n) is 11.3. The Morgan fingerprint density at radius 2 is 2.19 bits per heavy atom. The highest BCUT2D eigenvalue weighted by molar-refractivity contribution is 8.15. The number of terminal acetylenes is 1. The van der Waals surface area contributed by atoms with Gasteiger partial charge in [-0.2, -0.15) is 0 Å². The molecule has 9 nitrogen and oxygen atoms in total. The van der Waals surface area contributed by atoms with Crippen molar-refractivity contribution in [3.05, 3.63) is 48.0 Å². The summed E-state index contributed by atoms with van der Waals surface area (Å²) < 4.78 is 34.4. The van der Waals surface area contributed by atoms with Crippen molar-refractivity contribution in [3.8, 4) is 18.2 Å². The second-order valence-corrected chi connectivity index (χ2v) is 10.4. The van der Waals surface area contributed by atoms with E-state index in [1.165, 1.54) is 35.5 Å². The minimum atomic E-state index is -1.63. The van der Waals surface area contributed by atoms with Crippen LogP contribution in [-0.2, 0) is 10.3 Å². The van der Waals surface area contributed by atoms with E-state index in [9.17, 15) is 9.18 Å². The van der Waals surface area contributed by atoms with Gasteiger partial charge in [0, 0.05) is 37.5 Å². The fourth-order valence-corrected chi connectivity index (χ4v) is 6.21. The Balaban J connectivity index is 1.52. The second kappa shape index (κ2) is 9.15. The van der Waals surface area contributed by atoms with Crippen molar-refractivity contribution < 1.29 is 18.3 Å². The normalized spacial score (nSPS) is 24.0. The van der Waals surface area contributed by atoms with E-state index in [2.05, 4.69) is 31.2 Å². The van der Waals surface area contributed by atoms with Gasteiger partial charge >= 0.3 is 0 Å². The fourth-order valence-electron chi connectivity index (χ4n) is 4.77. The quantitative estimate of drug-likeness (QED) is 0.454. The molecule has 1 fully saturated rings. The number of amides is 1. The highest BCUT2D eigenvalue weighted by Crippen LogP contribution is 2.66. The molecule has 0 saturated heterocycles. The largest absolute Gasteiger partial charge is 0.463 e. The Labute approximate surface area is 215 Å². The number of alkyl halides is 1. The zero-order chi connectivity index (χ0) is 26.4. The topological polar surface area (TPSA) is 119 Å². The van der Waals surface area contributed by atoms with Crippen LogP contribution in [0.15, 0.2) is 41.7 Å². The van der Waals surface area contributed by atoms with E-state index in [1.807, 2.05) is 0 Å². The summed E-state index contributed by atoms with van der Waals surface area (Å²) in [5, 5.41) is 3.16. The predicted molar refractivity (Wildman–Crippen MR) is 138 cm³/mol. The summed E-state index contributed by atoms with van der Waals surface area (Å²) in [4.78, 5) is 31.9. The van der Waals surface area contributed by atoms with Crippen LogP contribution in [-0.4, -0.2) is 63.1 Å². The lowest BCUT2D eigenvalue weighted by atomic mass is 9.84. The van der Waals surface area contributed by atoms with Gasteiger partial charge in [0.15, 0.2) is 17.6 Å². The smallest absolute Gasteiger partial charge is 0.239 e. The molecule has 3 heterocycles. The number of carbonyl (C=O) groups is 1. The molecule has 37 heavy (non-hydrogen) atoms. The van der Waals surface area contributed by atoms with E-state index in [0.717, 1.165) is 11.8 Å². The van der Waals surface area contributed by atoms with Crippen LogP contribution in [0.5, 0.6) is 5.88 Å². The van der Waals surface area contributed by atoms with Crippen molar-refractivity contribution in [1.82, 2.24) is 19.9 Å². The highest BCUT2D eigenvalue weighted by Gasteiger charge is 2.72. The first-order chi connectivity index (χ1) is 17.7. The van der Waals surface area contributed by atoms with E-state index in [4.69, 9.17) is 16.9 Å². The summed E-state index contributed by atoms with van der Waals surface area (Å²) in [6, 6.07) is 5.86. The van der Waals surface area contributed by atoms with E-state index >= 15 is 4.39 Å². The molecule has 1 aliphatic carbocycles. The van der Waals surface area contributed by atoms with Crippen LogP contribution in [0, 0.1) is 24.1 Å². The van der Waals surface area contributed by atoms with Gasteiger partial charge in [-0.05, 0) is 30.7 Å². The van der Waals surface area contributed by atoms with Gasteiger partial charge < -0.3 is 20.7 Å². The van der Waals surface area contributed by atoms with Gasteiger partial charge in [-0.15, -0.1) is 6.42 Å². The van der Waals surface area contributed by atoms with Crippen LogP contribution < -0.4 is 15.8 Å². The number of anilines is 2. The number of halogens is 2. The van der Waals surface area contributed by atoms with Gasteiger partial charge in [0.05, 0.1) is 11.7 Å². The lowest BCUT2D eigenvalue weighted by Gasteiger charge is -2.35. The number of fused-ring (bicyclic) bond motifs is 2. The summed E-state index contributed by atoms with van der Waals surface area (Å²) in [5.41, 5.74) is 5.82. The van der Waals surface area contributed by atoms with Crippen LogP contribution >= 0.6 is 11.8 Å². The second-order valence-electron chi connectivity index (χ2n) is 9.00. The summed E-state index contributed by atoms with van der Waals surface area (Å²) in [6.07, 6.45) is 8.52. The summed E-state index contributed by atoms with van der Waals surface area (Å²) in [7, 11) is 3.25. The third-order valence-corrected chi connectivity index (χ3v) is 7.78. The van der Waals surface area contributed by atoms with Crippen LogP contribution in [0.25, 0.3) is 11.0 Å². The first-order valence-corrected chi connectivity index (χ1v) is 12.1. The average Bonchev–Trinajstić information content (AvgIpc) is 3.63. The van der Waals surface area contributed by atoms with Crippen LogP contribution in [0.3, 0.4) is 0 Å². The molecule has 0 bridgehead atoms. The number of aromatic nitrogens is 3. The standard InChI is InChI=1S/C25H23F2N7O2S/c1-4-9-36-19-12-30-20-17(32-19)7-8-29-21(20)31-14-5-6-16(27)15(10-14)24(13-26)18-11-25(18,22(35)34(2)3)37-23(28)33-24/h1,5-8,10,12,18H,9,11,13H2,2-3H3,(H2,28,33)(H,29,31)/t18-,24+,25-/m0/s1. The number of benzene rings is 1. The molecule has 3 aromatic rings. The summed E-state index contributed by atoms with van der Waals surface area (Å²) in [6.45, 7) is -0.959. The molecule has 2 aliphatic rings. The molecule has 1 aliphatic heterocycles. The summed E-state index contributed by atoms with van der Waals surface area (Å²) in [5.74, 6) is 1.59. The van der Waals surface area contributed by atoms with Crippen LogP contribution in [0.4, 0.5) is 20.3 Å². The number of thioether (sulfide) groups is 1. The Kier molecular flexibility index (Phi) is 6.11. The number of pyridine rings is 1. The molecule has 12 heteroatoms. The number of amidine groups is 1. The fraction of sp³-hybridized carbons (Fsp3) is 0.320. The van der Waals surface area contributed by atoms with E-state index in [1.54, 1.807) is 20.2 Å². The first kappa shape index (κ1) is 24.7. The molecule has 2 aromatic heterocycles. The maximum Gasteiger partial charge on any atom is 0.239 e. The molecule has 1 aromatic carbocycles. The van der Waals surface area contributed by atoms with Gasteiger partial charge in [-0.25, -0.2) is 28.7 Å². The van der Waals surface area contributed by atoms with Crippen molar-refractivity contribution in [2.45, 2.75) is 16.7 Å². The maximum absolute atomic E-state index is 15.3. The molecule has 3 N–H and O–H groups in total. The average molecular weight is 524 g/mol. The van der Waals surface area contributed by atoms with Crippen molar-refractivity contribution in [2.75, 3.05) is 32.7 Å². The SMILES string of the molecule is C#CCOc1cnc2c(Nc3ccc(F)c([C@@]4(CF)N=C(N)S[C@@]5(C(=O)N(C)C)C[C@H]54)c3)nccc2n1. The van der Waals surface area contributed by atoms with Crippen molar-refractivity contribution >= 4 is 45.4 Å². The third-order valence-electron chi connectivity index (χ3n) is 6.49. The Bertz CT molecular complexity index is 1480. The lowest BCUT2D eigenvalue weighted by Crippen LogP contribution is -2.45. The van der Waals surface area contributed by atoms with Gasteiger partial charge in [0.25, 0.3) is 0 Å². The highest BCUT2D eigenvalue weighted by atomic mass is 32.2. The molecule has 0 radical (unpaired) electrons. The van der Waals surface area contributed by atoms with Crippen LogP contribution in [0.1, 0.15) is 12.0 Å². The van der Waals surface area contributed by atoms with Crippen molar-refractivity contribution in [1.29, 1.82) is 0 Å². The number of hydrogen-bond acceptors (Lipinski definition) is 9. The van der Waals surface area contributed by atoms with E-state index in [-0.39, 0.29) is 29.1 Å². The molecule has 5 rings (SSSR count). The zero-order valence-corrected chi connectivity index (χ0v) is 20.9. The van der Waals surface area contributed by atoms with E-state index < -0.39 is 28.7 Å². The van der Waals surface area contributed by atoms with Gasteiger partial charge in [-0.3, -0.25) is 4.79 Å². The van der Waals surface area contributed by atoms with E-state index in [0.29, 0.717) is 29.0 Å². The van der Waals surface area contributed by atoms with Gasteiger partial charge in [-0.1, -0.05) is 17.7 Å². The number of nitrogens with zero attached hydrogens (tertiary/aromatic N) is 5. The van der Waals surface area contributed by atoms with Gasteiger partial charge in [0.2, 0.25) is 11.8 Å². The predicted octanol–water partition coefficient (Wildman–Crippen LogP) is 2.99. The number of nitrogens with one attached hydrogen (secondary N) is 1. The zero-order valence-electron chi connectivity index (χ0n) is 20.0. The Morgan fingerprint density at radius 3 is 2.92 bits per heavy atom. The molecular weight excluding hydrogens is 500 g/mol. The van der Waals surface area contributed by atoms with Crippen molar-refractivity contribution in [3.63, 3.8) is 0 Å². The molecule has 190 valence electrons. The number of aliphatic imine (C=N–C) groups is 1. The molecule has 1 saturated carbocycles. The minimum absolute atomic E-state index is 0.0120. The summed E-state index contributed by atoms with van der Waals surface area (Å²) >= 11 is 1.12. The molecule has 0 unspecified atom stereocenters. The molecule has 1 amide bonds. The maximum atomic E-state index is 15.3. The molecule has 0 spiro atoms. The Morgan fingerprint density at radius 1 is 1.38 bits per heavy atom. The number of nitrogens with two attached hydrogens (primary N) is 1. The number of carbonyl (C=O) groups excluding carboxylic acids is 1. The number of ether oxygens (including phenoxy) is 1. The number of hydrogen-bond donors (Lipinski definition) is 2.